The largest absolute Gasteiger partial charge is 0.472 e. The molecule has 16 nitrogen and oxygen atoms in total. The number of phosphoric ester groups is 2. The molecule has 0 saturated heterocycles. The molecule has 0 saturated carbocycles. The lowest BCUT2D eigenvalue weighted by Crippen LogP contribution is -2.37. The molecule has 21 heteroatoms. The Morgan fingerprint density at radius 1 is 0.686 bits per heavy atom. The predicted molar refractivity (Wildman–Crippen MR) is 210 cm³/mol. The Labute approximate surface area is 322 Å². The molecule has 0 spiro atoms. The number of esters is 2. The first-order valence-corrected chi connectivity index (χ1v) is 22.3. The molecule has 2 atom stereocenters. The second-order valence-corrected chi connectivity index (χ2v) is 19.1. The molecule has 0 aromatic carbocycles. The fraction of sp³-hybridized carbons (Fsp3) is 0.933. The van der Waals surface area contributed by atoms with Crippen molar-refractivity contribution in [3.8, 4) is 0 Å². The second-order valence-electron chi connectivity index (χ2n) is 13.6. The van der Waals surface area contributed by atoms with Crippen LogP contribution in [0.25, 0.3) is 0 Å². The highest BCUT2D eigenvalue weighted by molar-refractivity contribution is 7.99. The van der Waals surface area contributed by atoms with Crippen molar-refractivity contribution in [2.45, 2.75) is 41.5 Å². The van der Waals surface area contributed by atoms with E-state index < -0.39 is 27.6 Å². The number of nitrogens with zero attached hydrogens (tertiary/aromatic N) is 2. The van der Waals surface area contributed by atoms with Crippen LogP contribution in [-0.4, -0.2) is 162 Å². The summed E-state index contributed by atoms with van der Waals surface area (Å²) < 4.78 is 51.6. The van der Waals surface area contributed by atoms with Gasteiger partial charge in [-0.15, -0.1) is 0 Å². The van der Waals surface area contributed by atoms with E-state index in [4.69, 9.17) is 26.6 Å². The Morgan fingerprint density at radius 2 is 1.02 bits per heavy atom. The summed E-state index contributed by atoms with van der Waals surface area (Å²) in [5.74, 6) is 5.38. The lowest BCUT2D eigenvalue weighted by atomic mass is 10.3. The molecule has 0 aliphatic carbocycles. The van der Waals surface area contributed by atoms with Crippen molar-refractivity contribution in [2.24, 2.45) is 17.6 Å². The average Bonchev–Trinajstić information content (AvgIpc) is 2.95. The van der Waals surface area contributed by atoms with E-state index in [2.05, 4.69) is 51.1 Å². The highest BCUT2D eigenvalue weighted by Gasteiger charge is 2.23. The number of carbonyl (C=O) groups excluding carboxylic acids is 2. The number of hydrogen-bond acceptors (Lipinski definition) is 14. The quantitative estimate of drug-likeness (QED) is 0.0334. The normalized spacial score (nSPS) is 13.8. The van der Waals surface area contributed by atoms with Crippen LogP contribution in [0.1, 0.15) is 41.5 Å². The van der Waals surface area contributed by atoms with Crippen molar-refractivity contribution < 1.29 is 65.0 Å². The number of hydrogen-bond donors (Lipinski definition) is 4. The van der Waals surface area contributed by atoms with Crippen LogP contribution in [0, 0.1) is 11.8 Å². The summed E-state index contributed by atoms with van der Waals surface area (Å²) >= 11 is 9.13. The van der Waals surface area contributed by atoms with Crippen LogP contribution >= 0.6 is 50.9 Å². The smallest absolute Gasteiger partial charge is 0.463 e. The molecular weight excluding hydrogens is 770 g/mol. The van der Waals surface area contributed by atoms with Crippen LogP contribution in [0.3, 0.4) is 0 Å². The first-order valence-electron chi connectivity index (χ1n) is 16.6. The molecule has 0 bridgehead atoms. The van der Waals surface area contributed by atoms with Crippen LogP contribution in [0.15, 0.2) is 0 Å². The minimum Gasteiger partial charge on any atom is -0.463 e. The number of thioether (sulfide) groups is 2. The average molecular weight is 841 g/mol. The Kier molecular flexibility index (Phi) is 39.0. The van der Waals surface area contributed by atoms with Crippen LogP contribution in [0.4, 0.5) is 0 Å². The zero-order valence-electron chi connectivity index (χ0n) is 33.1. The van der Waals surface area contributed by atoms with Gasteiger partial charge in [-0.2, -0.15) is 23.5 Å². The molecule has 0 rings (SSSR count). The van der Waals surface area contributed by atoms with E-state index in [0.29, 0.717) is 22.1 Å². The van der Waals surface area contributed by atoms with Gasteiger partial charge in [0.2, 0.25) is 0 Å². The lowest BCUT2D eigenvalue weighted by Gasteiger charge is -2.24. The highest BCUT2D eigenvalue weighted by Crippen LogP contribution is 2.43. The molecule has 0 aromatic rings. The van der Waals surface area contributed by atoms with Gasteiger partial charge in [-0.05, 0) is 35.1 Å². The van der Waals surface area contributed by atoms with Gasteiger partial charge in [0.1, 0.15) is 39.5 Å². The van der Waals surface area contributed by atoms with Crippen molar-refractivity contribution in [3.05, 3.63) is 0 Å². The van der Waals surface area contributed by atoms with Gasteiger partial charge >= 0.3 is 27.6 Å². The van der Waals surface area contributed by atoms with Gasteiger partial charge in [0.25, 0.3) is 0 Å². The maximum Gasteiger partial charge on any atom is 0.472 e. The summed E-state index contributed by atoms with van der Waals surface area (Å²) in [7, 11) is 3.55. The van der Waals surface area contributed by atoms with Gasteiger partial charge in [-0.1, -0.05) is 27.7 Å². The third-order valence-electron chi connectivity index (χ3n) is 4.82. The van der Waals surface area contributed by atoms with Crippen molar-refractivity contribution in [1.82, 2.24) is 4.84 Å². The van der Waals surface area contributed by atoms with Crippen molar-refractivity contribution in [3.63, 3.8) is 0 Å². The molecule has 0 heterocycles. The Balaban J connectivity index is -0.000000304. The van der Waals surface area contributed by atoms with Gasteiger partial charge in [-0.25, -0.2) is 14.0 Å². The van der Waals surface area contributed by atoms with E-state index >= 15 is 0 Å². The first kappa shape index (κ1) is 57.7. The number of nitrogens with two attached hydrogens (primary N) is 1. The zero-order chi connectivity index (χ0) is 40.6. The number of rotatable bonds is 25. The number of carbonyl (C=O) groups is 2. The number of quaternary nitrogens is 2. The summed E-state index contributed by atoms with van der Waals surface area (Å²) in [6.45, 7) is 14.0. The second kappa shape index (κ2) is 34.5. The van der Waals surface area contributed by atoms with Crippen LogP contribution in [-0.2, 0) is 46.3 Å². The summed E-state index contributed by atoms with van der Waals surface area (Å²) in [5.41, 5.74) is 5.29. The molecule has 310 valence electrons. The van der Waals surface area contributed by atoms with E-state index in [1.165, 1.54) is 25.4 Å². The van der Waals surface area contributed by atoms with Gasteiger partial charge in [0.05, 0.1) is 55.5 Å². The molecule has 0 aliphatic rings. The fourth-order valence-corrected chi connectivity index (χ4v) is 5.72. The first-order chi connectivity index (χ1) is 23.3. The number of nitrogens with one attached hydrogen (secondary N) is 1. The minimum atomic E-state index is -4.04. The topological polar surface area (TPSA) is 202 Å². The third-order valence-corrected chi connectivity index (χ3v) is 9.87. The van der Waals surface area contributed by atoms with E-state index in [9.17, 15) is 28.5 Å². The van der Waals surface area contributed by atoms with Gasteiger partial charge in [0.15, 0.2) is 0 Å². The standard InChI is InChI=1S/2C9H20NO6P.C6H14ClNS.C6H15NS/c2*1-9(11)14-7-8-16-17(12,13)15-6-5-10(2,3)4;1-6(2)5-9-4-3-8-7;1-6(2)5-8-4-3-7/h2*5-8H2,1-4H3;6,8H,3-5H2,1-2H3;6H,3-5,7H2,1-2H3/p+2. The van der Waals surface area contributed by atoms with Gasteiger partial charge in [-0.3, -0.25) is 27.7 Å². The molecule has 0 amide bonds. The monoisotopic (exact) mass is 840 g/mol. The molecule has 0 radical (unpaired) electrons. The lowest BCUT2D eigenvalue weighted by molar-refractivity contribution is -0.870. The Bertz CT molecular complexity index is 890. The molecule has 0 aliphatic heterocycles. The molecule has 5 N–H and O–H groups in total. The van der Waals surface area contributed by atoms with E-state index in [0.717, 1.165) is 36.4 Å². The molecule has 2 unspecified atom stereocenters. The minimum absolute atomic E-state index is 0.0709. The van der Waals surface area contributed by atoms with Crippen molar-refractivity contribution in [2.75, 3.05) is 131 Å². The maximum atomic E-state index is 11.3. The fourth-order valence-electron chi connectivity index (χ4n) is 2.44. The Hall–Kier alpha value is -0.0100. The molecule has 0 fully saturated rings. The SMILES string of the molecule is CC(=O)OCCOP(=O)(O)OCC[N+](C)(C)C.CC(=O)OCCOP(=O)(O)OCC[N+](C)(C)C.CC(C)CSCCN.CC(C)CSCCNCl. The summed E-state index contributed by atoms with van der Waals surface area (Å²) in [4.78, 5) is 41.9. The molecular formula is C30H71ClN4O12P2S2+2. The number of ether oxygens (including phenoxy) is 2. The third kappa shape index (κ3) is 62.3. The summed E-state index contributed by atoms with van der Waals surface area (Å²) in [5, 5.41) is 0. The van der Waals surface area contributed by atoms with Crippen LogP contribution in [0.2, 0.25) is 0 Å². The summed E-state index contributed by atoms with van der Waals surface area (Å²) in [6.07, 6.45) is 0. The molecule has 0 aromatic heterocycles. The predicted octanol–water partition coefficient (Wildman–Crippen LogP) is 4.23. The van der Waals surface area contributed by atoms with E-state index in [1.54, 1.807) is 0 Å². The van der Waals surface area contributed by atoms with Crippen LogP contribution in [0.5, 0.6) is 0 Å². The number of phosphoric acid groups is 2. The van der Waals surface area contributed by atoms with Gasteiger partial charge < -0.3 is 34.0 Å². The van der Waals surface area contributed by atoms with Crippen molar-refractivity contribution >= 4 is 62.9 Å². The zero-order valence-corrected chi connectivity index (χ0v) is 37.3. The number of likely N-dealkylation sites (N-methyl/N-ethyl adjacent to an activating group) is 2. The van der Waals surface area contributed by atoms with Crippen LogP contribution < -0.4 is 10.6 Å². The molecule has 51 heavy (non-hydrogen) atoms. The maximum absolute atomic E-state index is 11.3. The van der Waals surface area contributed by atoms with Gasteiger partial charge in [0, 0.05) is 38.4 Å². The van der Waals surface area contributed by atoms with E-state index in [-0.39, 0.29) is 39.6 Å². The summed E-state index contributed by atoms with van der Waals surface area (Å²) in [6, 6.07) is 0. The van der Waals surface area contributed by atoms with Crippen molar-refractivity contribution in [1.29, 1.82) is 0 Å². The highest BCUT2D eigenvalue weighted by atomic mass is 35.5. The Morgan fingerprint density at radius 3 is 1.29 bits per heavy atom. The number of halogens is 1. The van der Waals surface area contributed by atoms with E-state index in [1.807, 2.05) is 65.8 Å².